The fourth-order valence-corrected chi connectivity index (χ4v) is 3.27. The lowest BCUT2D eigenvalue weighted by Crippen LogP contribution is -2.23. The second-order valence-electron chi connectivity index (χ2n) is 6.23. The van der Waals surface area contributed by atoms with Crippen LogP contribution in [0.25, 0.3) is 5.69 Å². The predicted octanol–water partition coefficient (Wildman–Crippen LogP) is 4.02. The molecular weight excluding hydrogens is 312 g/mol. The Morgan fingerprint density at radius 3 is 2.60 bits per heavy atom. The van der Waals surface area contributed by atoms with Gasteiger partial charge in [-0.25, -0.2) is 0 Å². The monoisotopic (exact) mass is 334 g/mol. The summed E-state index contributed by atoms with van der Waals surface area (Å²) in [6.45, 7) is 2.62. The molecule has 4 rings (SSSR count). The number of benzene rings is 2. The van der Waals surface area contributed by atoms with E-state index in [2.05, 4.69) is 70.4 Å². The van der Waals surface area contributed by atoms with Gasteiger partial charge in [0.15, 0.2) is 0 Å². The summed E-state index contributed by atoms with van der Waals surface area (Å²) in [6.07, 6.45) is 4.25. The van der Waals surface area contributed by atoms with Crippen LogP contribution in [0.2, 0.25) is 0 Å². The first-order chi connectivity index (χ1) is 12.3. The topological polar surface area (TPSA) is 26.6 Å². The highest BCUT2D eigenvalue weighted by molar-refractivity contribution is 5.39. The van der Waals surface area contributed by atoms with Gasteiger partial charge in [-0.15, -0.1) is 0 Å². The number of aromatic nitrogens is 1. The third kappa shape index (κ3) is 3.45. The lowest BCUT2D eigenvalue weighted by Gasteiger charge is -2.22. The van der Waals surface area contributed by atoms with Crippen LogP contribution >= 0.6 is 0 Å². The molecule has 2 heterocycles. The lowest BCUT2D eigenvalue weighted by molar-refractivity contribution is 0.0288. The van der Waals surface area contributed by atoms with E-state index >= 15 is 0 Å². The molecule has 4 nitrogen and oxygen atoms in total. The van der Waals surface area contributed by atoms with E-state index in [1.54, 1.807) is 7.11 Å². The fraction of sp³-hybridized carbons (Fsp3) is 0.238. The van der Waals surface area contributed by atoms with E-state index in [0.29, 0.717) is 0 Å². The van der Waals surface area contributed by atoms with Crippen molar-refractivity contribution in [1.82, 2.24) is 9.47 Å². The molecule has 1 aliphatic heterocycles. The number of methoxy groups -OCH3 is 1. The molecule has 2 aromatic carbocycles. The minimum absolute atomic E-state index is 0.0136. The van der Waals surface area contributed by atoms with Gasteiger partial charge in [0.1, 0.15) is 12.0 Å². The van der Waals surface area contributed by atoms with Crippen LogP contribution in [-0.4, -0.2) is 29.7 Å². The Morgan fingerprint density at radius 1 is 1.04 bits per heavy atom. The van der Waals surface area contributed by atoms with Crippen LogP contribution in [0.15, 0.2) is 73.1 Å². The molecule has 1 aliphatic rings. The number of hydrogen-bond acceptors (Lipinski definition) is 3. The molecule has 25 heavy (non-hydrogen) atoms. The van der Waals surface area contributed by atoms with E-state index in [-0.39, 0.29) is 6.23 Å². The van der Waals surface area contributed by atoms with E-state index < -0.39 is 0 Å². The maximum Gasteiger partial charge on any atom is 0.138 e. The molecule has 0 saturated carbocycles. The second kappa shape index (κ2) is 7.13. The highest BCUT2D eigenvalue weighted by Crippen LogP contribution is 2.29. The summed E-state index contributed by atoms with van der Waals surface area (Å²) in [5, 5.41) is 0. The van der Waals surface area contributed by atoms with E-state index in [9.17, 15) is 0 Å². The van der Waals surface area contributed by atoms with Gasteiger partial charge >= 0.3 is 0 Å². The van der Waals surface area contributed by atoms with Crippen LogP contribution in [0.5, 0.6) is 5.75 Å². The van der Waals surface area contributed by atoms with Crippen molar-refractivity contribution >= 4 is 0 Å². The average Bonchev–Trinajstić information content (AvgIpc) is 3.32. The van der Waals surface area contributed by atoms with Crippen LogP contribution in [0, 0.1) is 0 Å². The third-order valence-electron chi connectivity index (χ3n) is 4.59. The van der Waals surface area contributed by atoms with Crippen molar-refractivity contribution in [2.45, 2.75) is 12.8 Å². The first-order valence-corrected chi connectivity index (χ1v) is 8.55. The molecule has 1 saturated heterocycles. The molecule has 0 unspecified atom stereocenters. The highest BCUT2D eigenvalue weighted by Gasteiger charge is 2.27. The molecule has 4 heteroatoms. The van der Waals surface area contributed by atoms with Gasteiger partial charge in [-0.3, -0.25) is 4.90 Å². The SMILES string of the molecule is COc1ccc(-n2ccc([C@@H]3OCCN3Cc3ccccc3)c2)cc1. The molecule has 0 amide bonds. The summed E-state index contributed by atoms with van der Waals surface area (Å²) in [5.41, 5.74) is 3.61. The first kappa shape index (κ1) is 15.9. The summed E-state index contributed by atoms with van der Waals surface area (Å²) >= 11 is 0. The Kier molecular flexibility index (Phi) is 4.55. The van der Waals surface area contributed by atoms with Crippen molar-refractivity contribution < 1.29 is 9.47 Å². The van der Waals surface area contributed by atoms with Crippen LogP contribution < -0.4 is 4.74 Å². The largest absolute Gasteiger partial charge is 0.497 e. The van der Waals surface area contributed by atoms with Gasteiger partial charge < -0.3 is 14.0 Å². The normalized spacial score (nSPS) is 17.7. The van der Waals surface area contributed by atoms with Gasteiger partial charge in [0.2, 0.25) is 0 Å². The fourth-order valence-electron chi connectivity index (χ4n) is 3.27. The molecule has 3 aromatic rings. The summed E-state index contributed by atoms with van der Waals surface area (Å²) in [5.74, 6) is 0.865. The van der Waals surface area contributed by atoms with Crippen molar-refractivity contribution in [3.05, 3.63) is 84.2 Å². The van der Waals surface area contributed by atoms with E-state index in [1.165, 1.54) is 11.1 Å². The molecule has 0 aliphatic carbocycles. The maximum atomic E-state index is 6.00. The average molecular weight is 334 g/mol. The van der Waals surface area contributed by atoms with Crippen molar-refractivity contribution in [2.75, 3.05) is 20.3 Å². The van der Waals surface area contributed by atoms with E-state index in [0.717, 1.165) is 31.1 Å². The van der Waals surface area contributed by atoms with Crippen molar-refractivity contribution in [3.63, 3.8) is 0 Å². The van der Waals surface area contributed by atoms with Crippen LogP contribution in [0.1, 0.15) is 17.4 Å². The van der Waals surface area contributed by atoms with Crippen LogP contribution in [-0.2, 0) is 11.3 Å². The number of rotatable bonds is 5. The van der Waals surface area contributed by atoms with Gasteiger partial charge in [-0.05, 0) is 35.9 Å². The van der Waals surface area contributed by atoms with Gasteiger partial charge in [-0.2, -0.15) is 0 Å². The molecule has 0 spiro atoms. The smallest absolute Gasteiger partial charge is 0.138 e. The van der Waals surface area contributed by atoms with Crippen LogP contribution in [0.3, 0.4) is 0 Å². The summed E-state index contributed by atoms with van der Waals surface area (Å²) in [6, 6.07) is 20.7. The maximum absolute atomic E-state index is 6.00. The number of ether oxygens (including phenoxy) is 2. The molecular formula is C21H22N2O2. The quantitative estimate of drug-likeness (QED) is 0.705. The van der Waals surface area contributed by atoms with Gasteiger partial charge in [0, 0.05) is 36.7 Å². The zero-order valence-corrected chi connectivity index (χ0v) is 14.3. The highest BCUT2D eigenvalue weighted by atomic mass is 16.5. The summed E-state index contributed by atoms with van der Waals surface area (Å²) < 4.78 is 13.4. The predicted molar refractivity (Wildman–Crippen MR) is 97.9 cm³/mol. The number of hydrogen-bond donors (Lipinski definition) is 0. The van der Waals surface area contributed by atoms with Crippen LogP contribution in [0.4, 0.5) is 0 Å². The Labute approximate surface area is 148 Å². The minimum Gasteiger partial charge on any atom is -0.497 e. The molecule has 0 N–H and O–H groups in total. The van der Waals surface area contributed by atoms with Gasteiger partial charge in [0.25, 0.3) is 0 Å². The first-order valence-electron chi connectivity index (χ1n) is 8.55. The van der Waals surface area contributed by atoms with Gasteiger partial charge in [-0.1, -0.05) is 30.3 Å². The van der Waals surface area contributed by atoms with E-state index in [4.69, 9.17) is 9.47 Å². The lowest BCUT2D eigenvalue weighted by atomic mass is 10.2. The molecule has 1 atom stereocenters. The van der Waals surface area contributed by atoms with Crippen molar-refractivity contribution in [3.8, 4) is 11.4 Å². The Morgan fingerprint density at radius 2 is 1.84 bits per heavy atom. The van der Waals surface area contributed by atoms with Crippen molar-refractivity contribution in [1.29, 1.82) is 0 Å². The molecule has 0 radical (unpaired) electrons. The Bertz CT molecular complexity index is 811. The van der Waals surface area contributed by atoms with Crippen molar-refractivity contribution in [2.24, 2.45) is 0 Å². The second-order valence-corrected chi connectivity index (χ2v) is 6.23. The molecule has 128 valence electrons. The Hall–Kier alpha value is -2.56. The Balaban J connectivity index is 1.52. The zero-order chi connectivity index (χ0) is 17.1. The molecule has 1 fully saturated rings. The zero-order valence-electron chi connectivity index (χ0n) is 14.3. The van der Waals surface area contributed by atoms with Gasteiger partial charge in [0.05, 0.1) is 13.7 Å². The molecule has 1 aromatic heterocycles. The van der Waals surface area contributed by atoms with E-state index in [1.807, 2.05) is 12.1 Å². The summed E-state index contributed by atoms with van der Waals surface area (Å²) in [4.78, 5) is 2.38. The standard InChI is InChI=1S/C21H22N2O2/c1-24-20-9-7-19(8-10-20)22-12-11-18(16-22)21-23(13-14-25-21)15-17-5-3-2-4-6-17/h2-12,16,21H,13-15H2,1H3/t21-/m0/s1. The third-order valence-corrected chi connectivity index (χ3v) is 4.59. The summed E-state index contributed by atoms with van der Waals surface area (Å²) in [7, 11) is 1.68. The minimum atomic E-state index is 0.0136. The molecule has 0 bridgehead atoms. The number of nitrogens with zero attached hydrogens (tertiary/aromatic N) is 2.